The first-order valence-corrected chi connectivity index (χ1v) is 9.48. The van der Waals surface area contributed by atoms with E-state index in [4.69, 9.17) is 9.84 Å². The Labute approximate surface area is 161 Å². The highest BCUT2D eigenvalue weighted by Gasteiger charge is 2.32. The molecule has 2 rings (SSSR count). The van der Waals surface area contributed by atoms with Gasteiger partial charge in [0.05, 0.1) is 6.42 Å². The first-order valence-electron chi connectivity index (χ1n) is 9.48. The molecule has 27 heavy (non-hydrogen) atoms. The van der Waals surface area contributed by atoms with E-state index in [1.807, 2.05) is 30.3 Å². The number of hydrogen-bond acceptors (Lipinski definition) is 5. The molecule has 1 saturated heterocycles. The van der Waals surface area contributed by atoms with Gasteiger partial charge >= 0.3 is 6.09 Å². The van der Waals surface area contributed by atoms with E-state index >= 15 is 0 Å². The summed E-state index contributed by atoms with van der Waals surface area (Å²) in [4.78, 5) is 30.1. The average molecular weight is 377 g/mol. The van der Waals surface area contributed by atoms with Crippen LogP contribution in [0.3, 0.4) is 0 Å². The minimum Gasteiger partial charge on any atom is -0.428 e. The average Bonchev–Trinajstić information content (AvgIpc) is 2.65. The van der Waals surface area contributed by atoms with Crippen molar-refractivity contribution in [2.75, 3.05) is 40.0 Å². The van der Waals surface area contributed by atoms with Crippen LogP contribution in [0.25, 0.3) is 0 Å². The van der Waals surface area contributed by atoms with Crippen molar-refractivity contribution in [1.29, 1.82) is 0 Å². The van der Waals surface area contributed by atoms with Crippen molar-refractivity contribution in [2.24, 2.45) is 0 Å². The topological polar surface area (TPSA) is 73.3 Å². The van der Waals surface area contributed by atoms with Crippen LogP contribution in [0, 0.1) is 0 Å². The maximum atomic E-state index is 12.4. The number of likely N-dealkylation sites (N-methyl/N-ethyl adjacent to an activating group) is 1. The number of aliphatic hydroxyl groups is 1. The molecule has 0 radical (unpaired) electrons. The lowest BCUT2D eigenvalue weighted by molar-refractivity contribution is -0.132. The van der Waals surface area contributed by atoms with E-state index in [9.17, 15) is 9.59 Å². The standard InChI is InChI=1S/C20H31N3O4/c1-16-13-22(14-17(2)23(16)10-7-11-24)20(26)27-15-21(3)19(25)12-18-8-5-4-6-9-18/h4-6,8-9,16-17,24H,7,10-15H2,1-3H3/t16-,17+. The molecule has 1 N–H and O–H groups in total. The van der Waals surface area contributed by atoms with Crippen molar-refractivity contribution in [2.45, 2.75) is 38.8 Å². The zero-order valence-corrected chi connectivity index (χ0v) is 16.5. The van der Waals surface area contributed by atoms with Gasteiger partial charge in [-0.15, -0.1) is 0 Å². The molecule has 1 heterocycles. The fourth-order valence-electron chi connectivity index (χ4n) is 3.42. The summed E-state index contributed by atoms with van der Waals surface area (Å²) in [5.41, 5.74) is 0.933. The smallest absolute Gasteiger partial charge is 0.411 e. The number of hydrogen-bond donors (Lipinski definition) is 1. The van der Waals surface area contributed by atoms with Crippen LogP contribution < -0.4 is 0 Å². The zero-order valence-electron chi connectivity index (χ0n) is 16.5. The van der Waals surface area contributed by atoms with Crippen molar-refractivity contribution in [3.8, 4) is 0 Å². The Morgan fingerprint density at radius 3 is 2.41 bits per heavy atom. The quantitative estimate of drug-likeness (QED) is 0.730. The molecule has 2 atom stereocenters. The van der Waals surface area contributed by atoms with Crippen LogP contribution in [-0.2, 0) is 16.0 Å². The van der Waals surface area contributed by atoms with Crippen molar-refractivity contribution in [3.63, 3.8) is 0 Å². The lowest BCUT2D eigenvalue weighted by atomic mass is 10.1. The molecule has 0 saturated carbocycles. The van der Waals surface area contributed by atoms with E-state index in [0.29, 0.717) is 13.1 Å². The van der Waals surface area contributed by atoms with Gasteiger partial charge in [0, 0.05) is 45.4 Å². The highest BCUT2D eigenvalue weighted by molar-refractivity contribution is 5.78. The summed E-state index contributed by atoms with van der Waals surface area (Å²) in [6.45, 7) is 6.24. The first kappa shape index (κ1) is 21.2. The Bertz CT molecular complexity index is 599. The fourth-order valence-corrected chi connectivity index (χ4v) is 3.42. The number of amides is 2. The lowest BCUT2D eigenvalue weighted by Crippen LogP contribution is -2.58. The molecule has 0 unspecified atom stereocenters. The monoisotopic (exact) mass is 377 g/mol. The third kappa shape index (κ3) is 6.22. The Balaban J connectivity index is 1.79. The Hall–Kier alpha value is -2.12. The summed E-state index contributed by atoms with van der Waals surface area (Å²) >= 11 is 0. The van der Waals surface area contributed by atoms with Gasteiger partial charge in [0.15, 0.2) is 6.73 Å². The third-order valence-corrected chi connectivity index (χ3v) is 4.94. The molecule has 0 aromatic heterocycles. The first-order chi connectivity index (χ1) is 12.9. The molecule has 1 aromatic rings. The highest BCUT2D eigenvalue weighted by Crippen LogP contribution is 2.17. The maximum Gasteiger partial charge on any atom is 0.411 e. The van der Waals surface area contributed by atoms with E-state index < -0.39 is 6.09 Å². The Kier molecular flexibility index (Phi) is 8.06. The van der Waals surface area contributed by atoms with E-state index in [1.165, 1.54) is 4.90 Å². The van der Waals surface area contributed by atoms with Gasteiger partial charge in [-0.25, -0.2) is 4.79 Å². The van der Waals surface area contributed by atoms with Gasteiger partial charge < -0.3 is 19.6 Å². The van der Waals surface area contributed by atoms with Crippen LogP contribution in [0.5, 0.6) is 0 Å². The van der Waals surface area contributed by atoms with Crippen LogP contribution in [0.4, 0.5) is 4.79 Å². The molecule has 7 heteroatoms. The normalized spacial score (nSPS) is 20.4. The van der Waals surface area contributed by atoms with Crippen molar-refractivity contribution in [3.05, 3.63) is 35.9 Å². The molecule has 150 valence electrons. The second-order valence-electron chi connectivity index (χ2n) is 7.21. The second kappa shape index (κ2) is 10.3. The van der Waals surface area contributed by atoms with Gasteiger partial charge in [-0.1, -0.05) is 30.3 Å². The SMILES string of the molecule is C[C@@H]1CN(C(=O)OCN(C)C(=O)Cc2ccccc2)C[C@H](C)N1CCCO. The number of piperazine rings is 1. The molecule has 0 aliphatic carbocycles. The summed E-state index contributed by atoms with van der Waals surface area (Å²) in [5.74, 6) is -0.0930. The number of rotatable bonds is 7. The highest BCUT2D eigenvalue weighted by atomic mass is 16.6. The fraction of sp³-hybridized carbons (Fsp3) is 0.600. The Morgan fingerprint density at radius 2 is 1.81 bits per heavy atom. The molecular formula is C20H31N3O4. The number of carbonyl (C=O) groups is 2. The predicted octanol–water partition coefficient (Wildman–Crippen LogP) is 1.56. The zero-order chi connectivity index (χ0) is 19.8. The summed E-state index contributed by atoms with van der Waals surface area (Å²) in [7, 11) is 1.64. The molecule has 1 fully saturated rings. The van der Waals surface area contributed by atoms with Crippen LogP contribution in [-0.4, -0.2) is 83.9 Å². The summed E-state index contributed by atoms with van der Waals surface area (Å²) in [5, 5.41) is 9.03. The van der Waals surface area contributed by atoms with E-state index in [-0.39, 0.29) is 37.7 Å². The maximum absolute atomic E-state index is 12.4. The van der Waals surface area contributed by atoms with Crippen LogP contribution in [0.2, 0.25) is 0 Å². The van der Waals surface area contributed by atoms with E-state index in [0.717, 1.165) is 18.5 Å². The Morgan fingerprint density at radius 1 is 1.19 bits per heavy atom. The van der Waals surface area contributed by atoms with Crippen LogP contribution >= 0.6 is 0 Å². The summed E-state index contributed by atoms with van der Waals surface area (Å²) < 4.78 is 5.35. The number of aliphatic hydroxyl groups excluding tert-OH is 1. The van der Waals surface area contributed by atoms with Crippen molar-refractivity contribution < 1.29 is 19.4 Å². The molecule has 1 aliphatic rings. The van der Waals surface area contributed by atoms with Gasteiger partial charge in [0.1, 0.15) is 0 Å². The lowest BCUT2D eigenvalue weighted by Gasteiger charge is -2.44. The van der Waals surface area contributed by atoms with E-state index in [1.54, 1.807) is 11.9 Å². The molecule has 7 nitrogen and oxygen atoms in total. The summed E-state index contributed by atoms with van der Waals surface area (Å²) in [6, 6.07) is 9.89. The molecule has 1 aromatic carbocycles. The molecule has 1 aliphatic heterocycles. The minimum absolute atomic E-state index is 0.0576. The predicted molar refractivity (Wildman–Crippen MR) is 103 cm³/mol. The molecule has 2 amide bonds. The number of benzene rings is 1. The third-order valence-electron chi connectivity index (χ3n) is 4.94. The largest absolute Gasteiger partial charge is 0.428 e. The van der Waals surface area contributed by atoms with E-state index in [2.05, 4.69) is 18.7 Å². The van der Waals surface area contributed by atoms with Crippen molar-refractivity contribution in [1.82, 2.24) is 14.7 Å². The van der Waals surface area contributed by atoms with Gasteiger partial charge in [0.2, 0.25) is 5.91 Å². The molecule has 0 bridgehead atoms. The molecule has 0 spiro atoms. The van der Waals surface area contributed by atoms with Crippen molar-refractivity contribution >= 4 is 12.0 Å². The number of ether oxygens (including phenoxy) is 1. The molecular weight excluding hydrogens is 346 g/mol. The van der Waals surface area contributed by atoms with Gasteiger partial charge in [0.25, 0.3) is 0 Å². The minimum atomic E-state index is -0.394. The number of carbonyl (C=O) groups excluding carboxylic acids is 2. The second-order valence-corrected chi connectivity index (χ2v) is 7.21. The number of nitrogens with zero attached hydrogens (tertiary/aromatic N) is 3. The summed E-state index contributed by atoms with van der Waals surface area (Å²) in [6.07, 6.45) is 0.620. The van der Waals surface area contributed by atoms with Gasteiger partial charge in [-0.3, -0.25) is 9.69 Å². The van der Waals surface area contributed by atoms with Crippen LogP contribution in [0.15, 0.2) is 30.3 Å². The van der Waals surface area contributed by atoms with Gasteiger partial charge in [-0.05, 0) is 25.8 Å². The van der Waals surface area contributed by atoms with Crippen LogP contribution in [0.1, 0.15) is 25.8 Å². The van der Waals surface area contributed by atoms with Gasteiger partial charge in [-0.2, -0.15) is 0 Å².